The average molecular weight is 310 g/mol. The number of imidazole rings is 1. The Morgan fingerprint density at radius 3 is 2.48 bits per heavy atom. The van der Waals surface area contributed by atoms with E-state index in [2.05, 4.69) is 4.98 Å². The quantitative estimate of drug-likeness (QED) is 0.624. The van der Waals surface area contributed by atoms with E-state index in [0.29, 0.717) is 17.1 Å². The molecule has 2 rings (SSSR count). The first-order valence-electron chi connectivity index (χ1n) is 6.46. The first-order valence-corrected chi connectivity index (χ1v) is 7.34. The molecule has 1 heterocycles. The van der Waals surface area contributed by atoms with Gasteiger partial charge in [0, 0.05) is 34.0 Å². The fourth-order valence-corrected chi connectivity index (χ4v) is 3.20. The van der Waals surface area contributed by atoms with Gasteiger partial charge in [-0.2, -0.15) is 0 Å². The molecule has 0 amide bonds. The van der Waals surface area contributed by atoms with Crippen LogP contribution in [-0.4, -0.2) is 21.2 Å². The van der Waals surface area contributed by atoms with E-state index in [-0.39, 0.29) is 5.25 Å². The molecule has 0 spiro atoms. The third-order valence-corrected chi connectivity index (χ3v) is 4.97. The molecule has 0 aliphatic heterocycles. The highest BCUT2D eigenvalue weighted by Gasteiger charge is 2.33. The van der Waals surface area contributed by atoms with E-state index in [9.17, 15) is 13.6 Å². The SMILES string of the molecule is CC(Sc1cc(F)cc(F)c1)C(C)(C)c1nccn1C=O. The minimum Gasteiger partial charge on any atom is -0.278 e. The summed E-state index contributed by atoms with van der Waals surface area (Å²) in [6.45, 7) is 5.84. The molecular formula is C15H16F2N2OS. The number of carbonyl (C=O) groups excluding carboxylic acids is 1. The molecule has 21 heavy (non-hydrogen) atoms. The van der Waals surface area contributed by atoms with Crippen molar-refractivity contribution in [2.24, 2.45) is 0 Å². The van der Waals surface area contributed by atoms with E-state index in [1.807, 2.05) is 20.8 Å². The van der Waals surface area contributed by atoms with E-state index in [1.54, 1.807) is 12.4 Å². The van der Waals surface area contributed by atoms with Gasteiger partial charge in [-0.05, 0) is 12.1 Å². The molecule has 3 nitrogen and oxygen atoms in total. The van der Waals surface area contributed by atoms with Gasteiger partial charge in [-0.25, -0.2) is 13.8 Å². The van der Waals surface area contributed by atoms with Crippen LogP contribution >= 0.6 is 11.8 Å². The summed E-state index contributed by atoms with van der Waals surface area (Å²) >= 11 is 1.35. The lowest BCUT2D eigenvalue weighted by atomic mass is 9.88. The maximum atomic E-state index is 13.3. The van der Waals surface area contributed by atoms with Crippen molar-refractivity contribution in [2.45, 2.75) is 36.3 Å². The fraction of sp³-hybridized carbons (Fsp3) is 0.333. The van der Waals surface area contributed by atoms with Gasteiger partial charge in [0.1, 0.15) is 17.5 Å². The molecule has 0 radical (unpaired) electrons. The van der Waals surface area contributed by atoms with Crippen LogP contribution in [0.25, 0.3) is 0 Å². The summed E-state index contributed by atoms with van der Waals surface area (Å²) in [5.74, 6) is -0.580. The molecule has 0 aliphatic carbocycles. The zero-order chi connectivity index (χ0) is 15.6. The zero-order valence-corrected chi connectivity index (χ0v) is 12.8. The molecule has 6 heteroatoms. The van der Waals surface area contributed by atoms with E-state index in [1.165, 1.54) is 28.5 Å². The molecule has 0 saturated heterocycles. The van der Waals surface area contributed by atoms with Crippen molar-refractivity contribution in [3.63, 3.8) is 0 Å². The molecule has 0 aliphatic rings. The van der Waals surface area contributed by atoms with Crippen LogP contribution in [0.2, 0.25) is 0 Å². The highest BCUT2D eigenvalue weighted by atomic mass is 32.2. The van der Waals surface area contributed by atoms with Crippen molar-refractivity contribution < 1.29 is 13.6 Å². The maximum Gasteiger partial charge on any atom is 0.219 e. The summed E-state index contributed by atoms with van der Waals surface area (Å²) in [4.78, 5) is 15.8. The standard InChI is InChI=1S/C15H16F2N2OS/c1-10(21-13-7-11(16)6-12(17)8-13)15(2,3)14-18-4-5-19(14)9-20/h4-10H,1-3H3. The van der Waals surface area contributed by atoms with E-state index in [4.69, 9.17) is 0 Å². The van der Waals surface area contributed by atoms with Crippen molar-refractivity contribution in [3.8, 4) is 0 Å². The number of benzene rings is 1. The number of nitrogens with zero attached hydrogens (tertiary/aromatic N) is 2. The molecule has 0 fully saturated rings. The van der Waals surface area contributed by atoms with Crippen LogP contribution in [-0.2, 0) is 10.2 Å². The Hall–Kier alpha value is -1.69. The van der Waals surface area contributed by atoms with Gasteiger partial charge >= 0.3 is 0 Å². The zero-order valence-electron chi connectivity index (χ0n) is 12.0. The lowest BCUT2D eigenvalue weighted by Gasteiger charge is -2.30. The Kier molecular flexibility index (Phi) is 4.46. The monoisotopic (exact) mass is 310 g/mol. The Morgan fingerprint density at radius 2 is 1.90 bits per heavy atom. The van der Waals surface area contributed by atoms with Crippen LogP contribution in [0, 0.1) is 11.6 Å². The van der Waals surface area contributed by atoms with Gasteiger partial charge in [0.25, 0.3) is 0 Å². The van der Waals surface area contributed by atoms with Crippen LogP contribution in [0.4, 0.5) is 8.78 Å². The Labute approximate surface area is 126 Å². The summed E-state index contributed by atoms with van der Waals surface area (Å²) in [6, 6.07) is 3.44. The lowest BCUT2D eigenvalue weighted by Crippen LogP contribution is -2.32. The van der Waals surface area contributed by atoms with Gasteiger partial charge in [0.2, 0.25) is 6.41 Å². The summed E-state index contributed by atoms with van der Waals surface area (Å²) in [7, 11) is 0. The van der Waals surface area contributed by atoms with Gasteiger partial charge < -0.3 is 0 Å². The van der Waals surface area contributed by atoms with E-state index >= 15 is 0 Å². The predicted molar refractivity (Wildman–Crippen MR) is 79.1 cm³/mol. The third kappa shape index (κ3) is 3.32. The molecule has 0 N–H and O–H groups in total. The van der Waals surface area contributed by atoms with Crippen LogP contribution in [0.1, 0.15) is 26.6 Å². The summed E-state index contributed by atoms with van der Waals surface area (Å²) in [5.41, 5.74) is -0.447. The average Bonchev–Trinajstić information content (AvgIpc) is 2.86. The Balaban J connectivity index is 2.26. The number of halogens is 2. The number of thioether (sulfide) groups is 1. The number of rotatable bonds is 5. The second kappa shape index (κ2) is 5.97. The van der Waals surface area contributed by atoms with Gasteiger partial charge in [0.15, 0.2) is 0 Å². The predicted octanol–water partition coefficient (Wildman–Crippen LogP) is 3.66. The molecular weight excluding hydrogens is 294 g/mol. The molecule has 1 aromatic heterocycles. The number of carbonyl (C=O) groups is 1. The number of aromatic nitrogens is 2. The van der Waals surface area contributed by atoms with Gasteiger partial charge in [-0.1, -0.05) is 20.8 Å². The normalized spacial score (nSPS) is 13.2. The molecule has 112 valence electrons. The third-order valence-electron chi connectivity index (χ3n) is 3.52. The van der Waals surface area contributed by atoms with Crippen molar-refractivity contribution in [1.29, 1.82) is 0 Å². The van der Waals surface area contributed by atoms with Crippen LogP contribution in [0.5, 0.6) is 0 Å². The van der Waals surface area contributed by atoms with Crippen LogP contribution < -0.4 is 0 Å². The topological polar surface area (TPSA) is 34.9 Å². The highest BCUT2D eigenvalue weighted by molar-refractivity contribution is 8.00. The highest BCUT2D eigenvalue weighted by Crippen LogP contribution is 2.37. The molecule has 0 saturated carbocycles. The molecule has 0 bridgehead atoms. The second-order valence-corrected chi connectivity index (χ2v) is 6.76. The second-order valence-electron chi connectivity index (χ2n) is 5.35. The lowest BCUT2D eigenvalue weighted by molar-refractivity contribution is 0.472. The Bertz CT molecular complexity index is 635. The molecule has 1 unspecified atom stereocenters. The molecule has 1 aromatic carbocycles. The van der Waals surface area contributed by atoms with E-state index in [0.717, 1.165) is 6.07 Å². The van der Waals surface area contributed by atoms with Gasteiger partial charge in [0.05, 0.1) is 0 Å². The van der Waals surface area contributed by atoms with Crippen molar-refractivity contribution in [1.82, 2.24) is 9.55 Å². The minimum absolute atomic E-state index is 0.0419. The molecule has 1 atom stereocenters. The largest absolute Gasteiger partial charge is 0.278 e. The first-order chi connectivity index (χ1) is 9.84. The van der Waals surface area contributed by atoms with Gasteiger partial charge in [-0.15, -0.1) is 11.8 Å². The van der Waals surface area contributed by atoms with Gasteiger partial charge in [-0.3, -0.25) is 9.36 Å². The smallest absolute Gasteiger partial charge is 0.219 e. The van der Waals surface area contributed by atoms with Crippen LogP contribution in [0.15, 0.2) is 35.5 Å². The Morgan fingerprint density at radius 1 is 1.29 bits per heavy atom. The first kappa shape index (κ1) is 15.7. The summed E-state index contributed by atoms with van der Waals surface area (Å²) in [6.07, 6.45) is 3.84. The van der Waals surface area contributed by atoms with Crippen molar-refractivity contribution >= 4 is 18.2 Å². The maximum absolute atomic E-state index is 13.3. The van der Waals surface area contributed by atoms with Crippen molar-refractivity contribution in [3.05, 3.63) is 48.1 Å². The summed E-state index contributed by atoms with van der Waals surface area (Å²) in [5, 5.41) is -0.0419. The summed E-state index contributed by atoms with van der Waals surface area (Å²) < 4.78 is 27.9. The number of hydrogen-bond donors (Lipinski definition) is 0. The van der Waals surface area contributed by atoms with E-state index < -0.39 is 17.0 Å². The van der Waals surface area contributed by atoms with Crippen molar-refractivity contribution in [2.75, 3.05) is 0 Å². The fourth-order valence-electron chi connectivity index (χ4n) is 2.03. The minimum atomic E-state index is -0.600. The van der Waals surface area contributed by atoms with Crippen LogP contribution in [0.3, 0.4) is 0 Å². The molecule has 2 aromatic rings. The number of hydrogen-bond acceptors (Lipinski definition) is 3.